The number of carbonyl (C=O) groups excluding carboxylic acids is 2. The molecule has 7 atom stereocenters. The van der Waals surface area contributed by atoms with Gasteiger partial charge < -0.3 is 50.2 Å². The zero-order chi connectivity index (χ0) is 40.6. The van der Waals surface area contributed by atoms with Crippen LogP contribution in [0.1, 0.15) is 108 Å². The Balaban J connectivity index is 1.26. The number of rotatable bonds is 18. The summed E-state index contributed by atoms with van der Waals surface area (Å²) in [6, 6.07) is -1.32. The van der Waals surface area contributed by atoms with Gasteiger partial charge in [-0.15, -0.1) is 0 Å². The Morgan fingerprint density at radius 2 is 1.25 bits per heavy atom. The number of methoxy groups -OCH3 is 2. The maximum atomic E-state index is 13.5. The van der Waals surface area contributed by atoms with E-state index in [4.69, 9.17) is 40.4 Å². The fraction of sp³-hybridized carbons (Fsp3) is 0.628. The number of nitrogens with zero attached hydrogens (tertiary/aromatic N) is 4. The molecule has 4 heterocycles. The maximum absolute atomic E-state index is 13.5. The number of carbonyl (C=O) groups is 2. The molecule has 14 heteroatoms. The average Bonchev–Trinajstić information content (AvgIpc) is 4.07. The molecule has 6 rings (SSSR count). The molecule has 57 heavy (non-hydrogen) atoms. The lowest BCUT2D eigenvalue weighted by molar-refractivity contribution is -0.135. The molecule has 2 saturated heterocycles. The minimum absolute atomic E-state index is 0.0118. The van der Waals surface area contributed by atoms with Crippen LogP contribution < -0.4 is 11.5 Å². The Kier molecular flexibility index (Phi) is 14.7. The van der Waals surface area contributed by atoms with Crippen molar-refractivity contribution in [3.63, 3.8) is 0 Å². The lowest BCUT2D eigenvalue weighted by atomic mass is 9.83. The molecule has 0 bridgehead atoms. The smallest absolute Gasteiger partial charge is 0.240 e. The monoisotopic (exact) mass is 788 g/mol. The van der Waals surface area contributed by atoms with Gasteiger partial charge in [-0.2, -0.15) is 0 Å². The Hall–Kier alpha value is -3.92. The molecule has 6 N–H and O–H groups in total. The highest BCUT2D eigenvalue weighted by molar-refractivity contribution is 5.83. The molecule has 2 aliphatic carbocycles. The lowest BCUT2D eigenvalue weighted by Gasteiger charge is -2.35. The lowest BCUT2D eigenvalue weighted by Crippen LogP contribution is -2.46. The second-order valence-corrected chi connectivity index (χ2v) is 16.1. The minimum atomic E-state index is -0.538. The topological polar surface area (TPSA) is 187 Å². The van der Waals surface area contributed by atoms with Gasteiger partial charge in [-0.05, 0) is 67.1 Å². The van der Waals surface area contributed by atoms with E-state index in [1.165, 1.54) is 0 Å². The Labute approximate surface area is 337 Å². The van der Waals surface area contributed by atoms with Crippen LogP contribution in [0.5, 0.6) is 0 Å². The van der Waals surface area contributed by atoms with Crippen LogP contribution in [-0.4, -0.2) is 120 Å². The van der Waals surface area contributed by atoms with Gasteiger partial charge in [0.05, 0.1) is 74.4 Å². The van der Waals surface area contributed by atoms with E-state index in [1.54, 1.807) is 14.2 Å². The highest BCUT2D eigenvalue weighted by atomic mass is 16.6. The van der Waals surface area contributed by atoms with Crippen molar-refractivity contribution in [2.24, 2.45) is 23.3 Å². The zero-order valence-electron chi connectivity index (χ0n) is 34.7. The minimum Gasteiger partial charge on any atom is -0.382 e. The number of aromatic nitrogens is 4. The zero-order valence-corrected chi connectivity index (χ0v) is 34.7. The van der Waals surface area contributed by atoms with Crippen LogP contribution in [0.4, 0.5) is 0 Å². The van der Waals surface area contributed by atoms with Crippen LogP contribution in [0.3, 0.4) is 0 Å². The molecular weight excluding hydrogens is 725 g/mol. The fourth-order valence-electron chi connectivity index (χ4n) is 8.32. The Morgan fingerprint density at radius 1 is 0.737 bits per heavy atom. The molecule has 0 radical (unpaired) electrons. The van der Waals surface area contributed by atoms with Crippen molar-refractivity contribution in [3.8, 4) is 0 Å². The van der Waals surface area contributed by atoms with Crippen molar-refractivity contribution in [2.75, 3.05) is 53.7 Å². The summed E-state index contributed by atoms with van der Waals surface area (Å²) in [5.74, 6) is 1.69. The summed E-state index contributed by atoms with van der Waals surface area (Å²) in [4.78, 5) is 47.1. The summed E-state index contributed by atoms with van der Waals surface area (Å²) in [5, 5.41) is 0. The van der Waals surface area contributed by atoms with E-state index in [-0.39, 0.29) is 35.7 Å². The van der Waals surface area contributed by atoms with E-state index in [1.807, 2.05) is 43.0 Å². The number of ether oxygens (including phenoxy) is 4. The van der Waals surface area contributed by atoms with Gasteiger partial charge in [-0.3, -0.25) is 9.59 Å². The van der Waals surface area contributed by atoms with Crippen molar-refractivity contribution < 1.29 is 28.5 Å². The van der Waals surface area contributed by atoms with Crippen molar-refractivity contribution in [1.82, 2.24) is 29.7 Å². The van der Waals surface area contributed by atoms with Gasteiger partial charge in [0.25, 0.3) is 0 Å². The first kappa shape index (κ1) is 42.7. The summed E-state index contributed by atoms with van der Waals surface area (Å²) in [6.45, 7) is 11.0. The standard InChI is InChI=1S/C43H64N8O6/c1-7-27(4)37(45)43(53)51-19-9-11-35(51)41-47-25-33(49-41)31-17-16-30(38(56-22-20-54-5)39(31)57-23-21-55-6)28-12-14-29(15-13-28)32-24-46-40(48-32)34-10-8-18-50(34)42(52)36(44)26(2)3/h12,14,16-17,24-27,34-39H,7-11,13,15,18-23,44-45H2,1-6H3,(H,46,48)(H,47,49). The predicted molar refractivity (Wildman–Crippen MR) is 219 cm³/mol. The van der Waals surface area contributed by atoms with E-state index in [0.717, 1.165) is 90.3 Å². The molecule has 0 saturated carbocycles. The summed E-state index contributed by atoms with van der Waals surface area (Å²) in [5.41, 5.74) is 18.7. The second-order valence-electron chi connectivity index (χ2n) is 16.1. The third-order valence-corrected chi connectivity index (χ3v) is 12.1. The first-order chi connectivity index (χ1) is 27.6. The van der Waals surface area contributed by atoms with Crippen LogP contribution in [0.25, 0.3) is 11.1 Å². The second kappa shape index (κ2) is 19.7. The molecule has 312 valence electrons. The molecule has 4 aliphatic rings. The number of aromatic amines is 2. The molecular formula is C43H64N8O6. The van der Waals surface area contributed by atoms with E-state index in [9.17, 15) is 9.59 Å². The normalized spacial score (nSPS) is 24.3. The fourth-order valence-corrected chi connectivity index (χ4v) is 8.32. The summed E-state index contributed by atoms with van der Waals surface area (Å²) in [6.07, 6.45) is 17.3. The van der Waals surface area contributed by atoms with E-state index < -0.39 is 24.3 Å². The summed E-state index contributed by atoms with van der Waals surface area (Å²) >= 11 is 0. The Bertz CT molecular complexity index is 1810. The number of imidazole rings is 2. The highest BCUT2D eigenvalue weighted by Gasteiger charge is 2.39. The molecule has 2 aromatic heterocycles. The summed E-state index contributed by atoms with van der Waals surface area (Å²) < 4.78 is 24.0. The van der Waals surface area contributed by atoms with Gasteiger partial charge in [0.15, 0.2) is 0 Å². The first-order valence-electron chi connectivity index (χ1n) is 20.8. The molecule has 2 fully saturated rings. The number of nitrogens with two attached hydrogens (primary N) is 2. The number of nitrogens with one attached hydrogen (secondary N) is 2. The van der Waals surface area contributed by atoms with Crippen LogP contribution >= 0.6 is 0 Å². The third kappa shape index (κ3) is 9.53. The average molecular weight is 789 g/mol. The van der Waals surface area contributed by atoms with Gasteiger partial charge >= 0.3 is 0 Å². The molecule has 14 nitrogen and oxygen atoms in total. The number of hydrogen-bond donors (Lipinski definition) is 4. The predicted octanol–water partition coefficient (Wildman–Crippen LogP) is 5.01. The van der Waals surface area contributed by atoms with Crippen molar-refractivity contribution in [3.05, 3.63) is 70.9 Å². The summed E-state index contributed by atoms with van der Waals surface area (Å²) in [7, 11) is 3.32. The van der Waals surface area contributed by atoms with Crippen LogP contribution in [-0.2, 0) is 28.5 Å². The molecule has 2 amide bonds. The number of amides is 2. The number of H-pyrrole nitrogens is 2. The SMILES string of the molecule is CCC(C)C(N)C(=O)N1CCCC1c1ncc(C2=CC=C(C3=CC=C(c4cnc(C5CCCN5C(=O)C(N)C(C)C)[nH]4)CC3)C(OCCOC)C2OCCOC)[nH]1. The van der Waals surface area contributed by atoms with Crippen LogP contribution in [0, 0.1) is 11.8 Å². The first-order valence-corrected chi connectivity index (χ1v) is 20.8. The van der Waals surface area contributed by atoms with Gasteiger partial charge in [-0.1, -0.05) is 58.4 Å². The van der Waals surface area contributed by atoms with Gasteiger partial charge in [0, 0.05) is 32.9 Å². The molecule has 7 unspecified atom stereocenters. The van der Waals surface area contributed by atoms with Crippen LogP contribution in [0.2, 0.25) is 0 Å². The largest absolute Gasteiger partial charge is 0.382 e. The number of hydrogen-bond acceptors (Lipinski definition) is 10. The van der Waals surface area contributed by atoms with Crippen LogP contribution in [0.15, 0.2) is 47.8 Å². The number of likely N-dealkylation sites (tertiary alicyclic amines) is 2. The van der Waals surface area contributed by atoms with E-state index >= 15 is 0 Å². The van der Waals surface area contributed by atoms with E-state index in [2.05, 4.69) is 41.2 Å². The molecule has 0 aromatic carbocycles. The van der Waals surface area contributed by atoms with Gasteiger partial charge in [0.2, 0.25) is 11.8 Å². The van der Waals surface area contributed by atoms with Gasteiger partial charge in [-0.25, -0.2) is 9.97 Å². The van der Waals surface area contributed by atoms with Gasteiger partial charge in [0.1, 0.15) is 23.9 Å². The van der Waals surface area contributed by atoms with Crippen molar-refractivity contribution >= 4 is 23.0 Å². The Morgan fingerprint density at radius 3 is 1.79 bits per heavy atom. The molecule has 0 spiro atoms. The van der Waals surface area contributed by atoms with E-state index in [0.29, 0.717) is 39.5 Å². The third-order valence-electron chi connectivity index (χ3n) is 12.1. The molecule has 2 aliphatic heterocycles. The highest BCUT2D eigenvalue weighted by Crippen LogP contribution is 2.40. The van der Waals surface area contributed by atoms with Crippen molar-refractivity contribution in [1.29, 1.82) is 0 Å². The maximum Gasteiger partial charge on any atom is 0.240 e. The quantitative estimate of drug-likeness (QED) is 0.150. The number of allylic oxidation sites excluding steroid dienone is 5. The van der Waals surface area contributed by atoms with Crippen molar-refractivity contribution in [2.45, 2.75) is 109 Å². The molecule has 2 aromatic rings.